The maximum Gasteiger partial charge on any atom is 0.320 e. The Morgan fingerprint density at radius 2 is 1.57 bits per heavy atom. The van der Waals surface area contributed by atoms with Crippen LogP contribution in [0.3, 0.4) is 0 Å². The summed E-state index contributed by atoms with van der Waals surface area (Å²) in [6, 6.07) is 5.07. The van der Waals surface area contributed by atoms with Crippen molar-refractivity contribution in [3.05, 3.63) is 47.5 Å². The van der Waals surface area contributed by atoms with Crippen molar-refractivity contribution in [3.63, 3.8) is 0 Å². The third kappa shape index (κ3) is 7.91. The highest BCUT2D eigenvalue weighted by Gasteiger charge is 2.29. The highest BCUT2D eigenvalue weighted by Crippen LogP contribution is 2.30. The molecule has 216 valence electrons. The van der Waals surface area contributed by atoms with E-state index in [9.17, 15) is 29.4 Å². The number of hydrogen-bond acceptors (Lipinski definition) is 9. The van der Waals surface area contributed by atoms with Gasteiger partial charge in [0.05, 0.1) is 6.04 Å². The minimum Gasteiger partial charge on any atom is -0.508 e. The maximum atomic E-state index is 13.3. The SMILES string of the molecule is NCCC[C@@H]1NC(=O)C(N)Cc2cc(ccc2O)-c2ccc(O)c(c2)C[C@@H](C(=O)NCC[C@H](N)C(=O)O)NC1=O. The van der Waals surface area contributed by atoms with Gasteiger partial charge >= 0.3 is 5.97 Å². The van der Waals surface area contributed by atoms with E-state index in [1.54, 1.807) is 24.3 Å². The fourth-order valence-electron chi connectivity index (χ4n) is 4.36. The molecule has 2 aromatic carbocycles. The lowest BCUT2D eigenvalue weighted by atomic mass is 9.95. The van der Waals surface area contributed by atoms with Gasteiger partial charge in [-0.3, -0.25) is 19.2 Å². The maximum absolute atomic E-state index is 13.3. The van der Waals surface area contributed by atoms with Gasteiger partial charge in [0.1, 0.15) is 29.6 Å². The van der Waals surface area contributed by atoms with Crippen LogP contribution < -0.4 is 33.2 Å². The summed E-state index contributed by atoms with van der Waals surface area (Å²) < 4.78 is 0. The van der Waals surface area contributed by atoms with E-state index >= 15 is 0 Å². The van der Waals surface area contributed by atoms with Gasteiger partial charge in [-0.05, 0) is 72.3 Å². The molecule has 1 unspecified atom stereocenters. The lowest BCUT2D eigenvalue weighted by molar-refractivity contribution is -0.138. The third-order valence-electron chi connectivity index (χ3n) is 6.73. The molecule has 0 spiro atoms. The molecule has 12 N–H and O–H groups in total. The van der Waals surface area contributed by atoms with Gasteiger partial charge in [0.2, 0.25) is 17.7 Å². The molecule has 2 aromatic rings. The summed E-state index contributed by atoms with van der Waals surface area (Å²) >= 11 is 0. The van der Waals surface area contributed by atoms with Crippen LogP contribution >= 0.6 is 0 Å². The number of nitrogens with one attached hydrogen (secondary N) is 3. The molecule has 40 heavy (non-hydrogen) atoms. The molecule has 0 aliphatic carbocycles. The molecule has 4 atom stereocenters. The second-order valence-electron chi connectivity index (χ2n) is 9.78. The van der Waals surface area contributed by atoms with Crippen LogP contribution in [-0.4, -0.2) is 76.3 Å². The zero-order valence-electron chi connectivity index (χ0n) is 21.9. The van der Waals surface area contributed by atoms with Crippen LogP contribution in [0.2, 0.25) is 0 Å². The molecule has 0 aromatic heterocycles. The molecule has 0 radical (unpaired) electrons. The van der Waals surface area contributed by atoms with Crippen molar-refractivity contribution in [1.29, 1.82) is 0 Å². The minimum atomic E-state index is -1.22. The average Bonchev–Trinajstić information content (AvgIpc) is 2.92. The number of phenolic OH excluding ortho intramolecular Hbond substituents is 2. The minimum absolute atomic E-state index is 0.00874. The Kier molecular flexibility index (Phi) is 10.4. The van der Waals surface area contributed by atoms with E-state index in [0.717, 1.165) is 0 Å². The van der Waals surface area contributed by atoms with Gasteiger partial charge in [-0.15, -0.1) is 0 Å². The molecule has 0 saturated heterocycles. The van der Waals surface area contributed by atoms with E-state index in [1.165, 1.54) is 12.1 Å². The molecular formula is C27H36N6O7. The van der Waals surface area contributed by atoms with Crippen molar-refractivity contribution in [2.45, 2.75) is 56.3 Å². The number of aromatic hydroxyl groups is 2. The summed E-state index contributed by atoms with van der Waals surface area (Å²) in [5.74, 6) is -3.29. The molecule has 0 fully saturated rings. The van der Waals surface area contributed by atoms with Crippen LogP contribution in [0.1, 0.15) is 30.4 Å². The largest absolute Gasteiger partial charge is 0.508 e. The zero-order valence-corrected chi connectivity index (χ0v) is 21.9. The van der Waals surface area contributed by atoms with Crippen molar-refractivity contribution in [3.8, 4) is 22.6 Å². The van der Waals surface area contributed by atoms with E-state index in [-0.39, 0.29) is 50.3 Å². The van der Waals surface area contributed by atoms with Crippen molar-refractivity contribution >= 4 is 23.7 Å². The molecular weight excluding hydrogens is 520 g/mol. The van der Waals surface area contributed by atoms with E-state index in [4.69, 9.17) is 22.3 Å². The molecule has 1 aliphatic rings. The number of nitrogens with two attached hydrogens (primary N) is 3. The fourth-order valence-corrected chi connectivity index (χ4v) is 4.36. The van der Waals surface area contributed by atoms with Gasteiger partial charge < -0.3 is 48.5 Å². The van der Waals surface area contributed by atoms with E-state index in [1.807, 2.05) is 0 Å². The zero-order chi connectivity index (χ0) is 29.4. The smallest absolute Gasteiger partial charge is 0.320 e. The van der Waals surface area contributed by atoms with Crippen molar-refractivity contribution in [2.75, 3.05) is 13.1 Å². The summed E-state index contributed by atoms with van der Waals surface area (Å²) in [4.78, 5) is 50.4. The summed E-state index contributed by atoms with van der Waals surface area (Å²) in [5, 5.41) is 37.8. The van der Waals surface area contributed by atoms with Crippen LogP contribution in [0.5, 0.6) is 11.5 Å². The fraction of sp³-hybridized carbons (Fsp3) is 0.407. The van der Waals surface area contributed by atoms with E-state index in [2.05, 4.69) is 16.0 Å². The quantitative estimate of drug-likeness (QED) is 0.188. The van der Waals surface area contributed by atoms with E-state index < -0.39 is 47.9 Å². The molecule has 3 amide bonds. The van der Waals surface area contributed by atoms with Crippen molar-refractivity contribution < 1.29 is 34.5 Å². The van der Waals surface area contributed by atoms with Crippen molar-refractivity contribution in [2.24, 2.45) is 17.2 Å². The average molecular weight is 557 g/mol. The number of carboxylic acids is 1. The van der Waals surface area contributed by atoms with Crippen LogP contribution in [0.15, 0.2) is 36.4 Å². The Labute approximate surface area is 231 Å². The van der Waals surface area contributed by atoms with Gasteiger partial charge in [0.25, 0.3) is 0 Å². The Hall–Kier alpha value is -4.20. The topological polar surface area (TPSA) is 243 Å². The third-order valence-corrected chi connectivity index (χ3v) is 6.73. The first-order valence-corrected chi connectivity index (χ1v) is 13.0. The Bertz CT molecular complexity index is 1250. The van der Waals surface area contributed by atoms with Crippen LogP contribution in [0.4, 0.5) is 0 Å². The van der Waals surface area contributed by atoms with Gasteiger partial charge in [-0.1, -0.05) is 12.1 Å². The number of aliphatic carboxylic acids is 1. The molecule has 13 heteroatoms. The van der Waals surface area contributed by atoms with Gasteiger partial charge in [0.15, 0.2) is 0 Å². The molecule has 1 aliphatic heterocycles. The van der Waals surface area contributed by atoms with Crippen molar-refractivity contribution in [1.82, 2.24) is 16.0 Å². The molecule has 0 saturated carbocycles. The molecule has 4 bridgehead atoms. The standard InChI is InChI=1S/C27H36N6O7/c28-8-1-2-20-26(38)33-21(25(37)31-9-7-18(29)27(39)40)13-17-11-15(4-6-23(17)35)14-3-5-22(34)16(10-14)12-19(30)24(36)32-20/h3-6,10-11,18-21,34-35H,1-2,7-9,12-13,28-30H2,(H,31,37)(H,32,36)(H,33,38)(H,39,40)/t18-,19?,20-,21-/m0/s1. The number of phenols is 2. The summed E-state index contributed by atoms with van der Waals surface area (Å²) in [5.41, 5.74) is 19.4. The normalized spacial score (nSPS) is 20.3. The number of fused-ring (bicyclic) bond motifs is 5. The number of carboxylic acid groups (broad SMARTS) is 1. The van der Waals surface area contributed by atoms with Crippen LogP contribution in [0.25, 0.3) is 11.1 Å². The van der Waals surface area contributed by atoms with Gasteiger partial charge in [-0.2, -0.15) is 0 Å². The monoisotopic (exact) mass is 556 g/mol. The Balaban J connectivity index is 2.01. The Morgan fingerprint density at radius 3 is 2.15 bits per heavy atom. The second-order valence-corrected chi connectivity index (χ2v) is 9.78. The summed E-state index contributed by atoms with van der Waals surface area (Å²) in [6.45, 7) is 0.184. The lowest BCUT2D eigenvalue weighted by Crippen LogP contribution is -2.56. The Morgan fingerprint density at radius 1 is 0.975 bits per heavy atom. The predicted molar refractivity (Wildman–Crippen MR) is 146 cm³/mol. The number of amides is 3. The summed E-state index contributed by atoms with van der Waals surface area (Å²) in [6.07, 6.45) is 0.390. The number of carbonyl (C=O) groups is 4. The summed E-state index contributed by atoms with van der Waals surface area (Å²) in [7, 11) is 0. The molecule has 3 rings (SSSR count). The number of hydrogen-bond donors (Lipinski definition) is 9. The second kappa shape index (κ2) is 13.7. The highest BCUT2D eigenvalue weighted by molar-refractivity contribution is 5.93. The predicted octanol–water partition coefficient (Wildman–Crippen LogP) is -1.18. The van der Waals surface area contributed by atoms with Crippen LogP contribution in [-0.2, 0) is 32.0 Å². The molecule has 13 nitrogen and oxygen atoms in total. The first kappa shape index (κ1) is 30.3. The number of rotatable bonds is 8. The molecule has 1 heterocycles. The lowest BCUT2D eigenvalue weighted by Gasteiger charge is -2.24. The number of benzene rings is 2. The first-order valence-electron chi connectivity index (χ1n) is 13.0. The van der Waals surface area contributed by atoms with Gasteiger partial charge in [0, 0.05) is 19.4 Å². The first-order chi connectivity index (χ1) is 19.0. The highest BCUT2D eigenvalue weighted by atomic mass is 16.4. The number of carbonyl (C=O) groups excluding carboxylic acids is 3. The van der Waals surface area contributed by atoms with E-state index in [0.29, 0.717) is 28.7 Å². The van der Waals surface area contributed by atoms with Gasteiger partial charge in [-0.25, -0.2) is 0 Å². The van der Waals surface area contributed by atoms with Crippen LogP contribution in [0, 0.1) is 0 Å².